The van der Waals surface area contributed by atoms with E-state index in [4.69, 9.17) is 0 Å². The monoisotopic (exact) mass is 640 g/mol. The standard InChI is InChI=1S/C50H40/c1-8-22-39(23-9-1)37-49(38-47(42-28-14-4-15-29-42)43-30-16-5-17-31-43)48(36-46(40-24-10-2-11-25-40)41-26-12-3-13-27-41)50(49,44-32-18-6-19-33-44)45-34-20-7-21-35-45/h1-36,38,48H,37H2/t48-,49-/m0/s1. The Kier molecular flexibility index (Phi) is 8.68. The zero-order valence-electron chi connectivity index (χ0n) is 28.1. The third-order valence-electron chi connectivity index (χ3n) is 10.5. The average Bonchev–Trinajstić information content (AvgIpc) is 3.77. The Hall–Kier alpha value is -5.98. The molecule has 7 aromatic rings. The largest absolute Gasteiger partial charge is 0.0708 e. The van der Waals surface area contributed by atoms with Crippen LogP contribution in [0.15, 0.2) is 224 Å². The van der Waals surface area contributed by atoms with Crippen molar-refractivity contribution in [2.45, 2.75) is 11.8 Å². The molecule has 0 spiro atoms. The number of rotatable bonds is 10. The fourth-order valence-corrected chi connectivity index (χ4v) is 8.35. The summed E-state index contributed by atoms with van der Waals surface area (Å²) in [6.45, 7) is 0. The second-order valence-corrected chi connectivity index (χ2v) is 13.3. The Labute approximate surface area is 296 Å². The molecule has 0 unspecified atom stereocenters. The van der Waals surface area contributed by atoms with Crippen LogP contribution in [0.25, 0.3) is 11.1 Å². The topological polar surface area (TPSA) is 0 Å². The molecular formula is C50H40. The first-order valence-corrected chi connectivity index (χ1v) is 17.6. The first-order valence-electron chi connectivity index (χ1n) is 17.6. The van der Waals surface area contributed by atoms with Crippen LogP contribution in [0.5, 0.6) is 0 Å². The van der Waals surface area contributed by atoms with Crippen molar-refractivity contribution in [2.75, 3.05) is 0 Å². The molecule has 0 heteroatoms. The van der Waals surface area contributed by atoms with Crippen molar-refractivity contribution in [2.24, 2.45) is 11.3 Å². The SMILES string of the molecule is C(=C(c1ccccc1)c1ccccc1)[C@@H]1C(c2ccccc2)(c2ccccc2)[C@]1(C=C(c1ccccc1)c1ccccc1)Cc1ccccc1. The van der Waals surface area contributed by atoms with Crippen molar-refractivity contribution in [3.05, 3.63) is 263 Å². The van der Waals surface area contributed by atoms with E-state index in [0.29, 0.717) is 0 Å². The molecule has 0 bridgehead atoms. The second-order valence-electron chi connectivity index (χ2n) is 13.3. The van der Waals surface area contributed by atoms with Crippen LogP contribution in [0.2, 0.25) is 0 Å². The Balaban J connectivity index is 1.50. The van der Waals surface area contributed by atoms with Crippen molar-refractivity contribution < 1.29 is 0 Å². The lowest BCUT2D eigenvalue weighted by Gasteiger charge is -2.27. The van der Waals surface area contributed by atoms with E-state index in [1.807, 2.05) is 0 Å². The van der Waals surface area contributed by atoms with Gasteiger partial charge in [0, 0.05) is 16.7 Å². The molecule has 7 aromatic carbocycles. The van der Waals surface area contributed by atoms with Crippen molar-refractivity contribution in [1.29, 1.82) is 0 Å². The highest BCUT2D eigenvalue weighted by Gasteiger charge is 2.75. The minimum atomic E-state index is -0.352. The van der Waals surface area contributed by atoms with Crippen LogP contribution in [0.4, 0.5) is 0 Å². The summed E-state index contributed by atoms with van der Waals surface area (Å²) in [4.78, 5) is 0. The molecule has 0 N–H and O–H groups in total. The van der Waals surface area contributed by atoms with Crippen LogP contribution in [-0.4, -0.2) is 0 Å². The fraction of sp³-hybridized carbons (Fsp3) is 0.0800. The lowest BCUT2D eigenvalue weighted by molar-refractivity contribution is 0.550. The van der Waals surface area contributed by atoms with Crippen LogP contribution in [-0.2, 0) is 11.8 Å². The van der Waals surface area contributed by atoms with Gasteiger partial charge in [-0.2, -0.15) is 0 Å². The average molecular weight is 641 g/mol. The van der Waals surface area contributed by atoms with Gasteiger partial charge in [-0.25, -0.2) is 0 Å². The zero-order valence-corrected chi connectivity index (χ0v) is 28.1. The van der Waals surface area contributed by atoms with E-state index in [1.54, 1.807) is 0 Å². The molecule has 0 aromatic heterocycles. The van der Waals surface area contributed by atoms with Crippen molar-refractivity contribution in [3.63, 3.8) is 0 Å². The van der Waals surface area contributed by atoms with Gasteiger partial charge in [0.05, 0.1) is 0 Å². The lowest BCUT2D eigenvalue weighted by Crippen LogP contribution is -2.22. The molecular weight excluding hydrogens is 601 g/mol. The third-order valence-corrected chi connectivity index (χ3v) is 10.5. The van der Waals surface area contributed by atoms with Crippen molar-refractivity contribution >= 4 is 11.1 Å². The maximum absolute atomic E-state index is 2.65. The normalized spacial score (nSPS) is 17.3. The first-order chi connectivity index (χ1) is 24.8. The van der Waals surface area contributed by atoms with E-state index in [0.717, 1.165) is 6.42 Å². The zero-order chi connectivity index (χ0) is 33.6. The van der Waals surface area contributed by atoms with E-state index in [1.165, 1.54) is 50.1 Å². The molecule has 1 aliphatic carbocycles. The molecule has 0 radical (unpaired) electrons. The summed E-state index contributed by atoms with van der Waals surface area (Å²) in [7, 11) is 0. The van der Waals surface area contributed by atoms with Crippen LogP contribution in [0.1, 0.15) is 38.9 Å². The van der Waals surface area contributed by atoms with Crippen LogP contribution in [0.3, 0.4) is 0 Å². The van der Waals surface area contributed by atoms with Crippen LogP contribution >= 0.6 is 0 Å². The quantitative estimate of drug-likeness (QED) is 0.140. The summed E-state index contributed by atoms with van der Waals surface area (Å²) >= 11 is 0. The highest BCUT2D eigenvalue weighted by molar-refractivity contribution is 5.84. The number of benzene rings is 7. The molecule has 0 amide bonds. The van der Waals surface area contributed by atoms with E-state index in [9.17, 15) is 0 Å². The van der Waals surface area contributed by atoms with Gasteiger partial charge in [0.15, 0.2) is 0 Å². The molecule has 0 saturated heterocycles. The lowest BCUT2D eigenvalue weighted by atomic mass is 9.76. The molecule has 1 fully saturated rings. The van der Waals surface area contributed by atoms with Gasteiger partial charge in [0.1, 0.15) is 0 Å². The Morgan fingerprint density at radius 1 is 0.380 bits per heavy atom. The van der Waals surface area contributed by atoms with E-state index in [2.05, 4.69) is 224 Å². The number of hydrogen-bond acceptors (Lipinski definition) is 0. The summed E-state index contributed by atoms with van der Waals surface area (Å²) < 4.78 is 0. The molecule has 50 heavy (non-hydrogen) atoms. The minimum absolute atomic E-state index is 0.123. The molecule has 0 aliphatic heterocycles. The summed E-state index contributed by atoms with van der Waals surface area (Å²) in [5.74, 6) is 0.123. The smallest absolute Gasteiger partial charge is 0.0374 e. The highest BCUT2D eigenvalue weighted by Crippen LogP contribution is 2.76. The highest BCUT2D eigenvalue weighted by atomic mass is 14.8. The van der Waals surface area contributed by atoms with E-state index >= 15 is 0 Å². The van der Waals surface area contributed by atoms with Gasteiger partial charge < -0.3 is 0 Å². The molecule has 0 nitrogen and oxygen atoms in total. The van der Waals surface area contributed by atoms with Crippen LogP contribution in [0, 0.1) is 11.3 Å². The van der Waals surface area contributed by atoms with Crippen LogP contribution < -0.4 is 0 Å². The Bertz CT molecular complexity index is 2060. The minimum Gasteiger partial charge on any atom is -0.0708 e. The van der Waals surface area contributed by atoms with Gasteiger partial charge in [0.2, 0.25) is 0 Å². The summed E-state index contributed by atoms with van der Waals surface area (Å²) in [6.07, 6.45) is 6.13. The van der Waals surface area contributed by atoms with Crippen molar-refractivity contribution in [3.8, 4) is 0 Å². The van der Waals surface area contributed by atoms with Gasteiger partial charge in [-0.15, -0.1) is 0 Å². The molecule has 240 valence electrons. The number of allylic oxidation sites excluding steroid dienone is 2. The maximum Gasteiger partial charge on any atom is 0.0374 e. The Morgan fingerprint density at radius 3 is 1.08 bits per heavy atom. The third kappa shape index (κ3) is 5.74. The van der Waals surface area contributed by atoms with Gasteiger partial charge in [-0.1, -0.05) is 224 Å². The first kappa shape index (κ1) is 31.3. The predicted octanol–water partition coefficient (Wildman–Crippen LogP) is 12.1. The maximum atomic E-state index is 2.65. The van der Waals surface area contributed by atoms with Gasteiger partial charge in [0.25, 0.3) is 0 Å². The van der Waals surface area contributed by atoms with Crippen molar-refractivity contribution in [1.82, 2.24) is 0 Å². The van der Waals surface area contributed by atoms with Gasteiger partial charge >= 0.3 is 0 Å². The second kappa shape index (κ2) is 13.9. The molecule has 1 saturated carbocycles. The molecule has 8 rings (SSSR count). The van der Waals surface area contributed by atoms with E-state index in [-0.39, 0.29) is 16.7 Å². The summed E-state index contributed by atoms with van der Waals surface area (Å²) in [5.41, 5.74) is 10.7. The molecule has 2 atom stereocenters. The van der Waals surface area contributed by atoms with E-state index < -0.39 is 0 Å². The predicted molar refractivity (Wildman–Crippen MR) is 210 cm³/mol. The Morgan fingerprint density at radius 2 is 0.700 bits per heavy atom. The summed E-state index contributed by atoms with van der Waals surface area (Å²) in [5, 5.41) is 0. The van der Waals surface area contributed by atoms with Gasteiger partial charge in [-0.3, -0.25) is 0 Å². The molecule has 1 aliphatic rings. The number of hydrogen-bond donors (Lipinski definition) is 0. The molecule has 0 heterocycles. The fourth-order valence-electron chi connectivity index (χ4n) is 8.35. The van der Waals surface area contributed by atoms with Gasteiger partial charge in [-0.05, 0) is 56.5 Å². The summed E-state index contributed by atoms with van der Waals surface area (Å²) in [6, 6.07) is 77.3.